The van der Waals surface area contributed by atoms with Gasteiger partial charge in [0, 0.05) is 36.8 Å². The van der Waals surface area contributed by atoms with Crippen LogP contribution in [0.3, 0.4) is 0 Å². The minimum atomic E-state index is 0.352. The zero-order chi connectivity index (χ0) is 19.6. The third-order valence-corrected chi connectivity index (χ3v) is 4.71. The Morgan fingerprint density at radius 1 is 1.04 bits per heavy atom. The Morgan fingerprint density at radius 3 is 2.26 bits per heavy atom. The molecule has 0 aliphatic carbocycles. The van der Waals surface area contributed by atoms with Gasteiger partial charge in [0.05, 0.1) is 30.0 Å². The predicted molar refractivity (Wildman–Crippen MR) is 110 cm³/mol. The summed E-state index contributed by atoms with van der Waals surface area (Å²) < 4.78 is 10.7. The molecule has 0 saturated carbocycles. The number of nitrogens with one attached hydrogen (secondary N) is 2. The molecule has 0 spiro atoms. The van der Waals surface area contributed by atoms with Gasteiger partial charge in [0.15, 0.2) is 5.82 Å². The highest BCUT2D eigenvalue weighted by molar-refractivity contribution is 6.41. The lowest BCUT2D eigenvalue weighted by atomic mass is 10.1. The van der Waals surface area contributed by atoms with Gasteiger partial charge in [-0.25, -0.2) is 15.0 Å². The fourth-order valence-corrected chi connectivity index (χ4v) is 3.38. The van der Waals surface area contributed by atoms with Crippen LogP contribution < -0.4 is 20.1 Å². The van der Waals surface area contributed by atoms with Gasteiger partial charge in [-0.05, 0) is 13.0 Å². The van der Waals surface area contributed by atoms with E-state index in [0.29, 0.717) is 56.6 Å². The topological polar surface area (TPSA) is 81.2 Å². The van der Waals surface area contributed by atoms with Crippen LogP contribution in [0.4, 0.5) is 11.8 Å². The molecule has 0 aliphatic heterocycles. The predicted octanol–water partition coefficient (Wildman–Crippen LogP) is 4.49. The summed E-state index contributed by atoms with van der Waals surface area (Å²) in [7, 11) is 4.82. The number of hydrogen-bond acceptors (Lipinski definition) is 7. The fourth-order valence-electron chi connectivity index (χ4n) is 2.69. The highest BCUT2D eigenvalue weighted by atomic mass is 35.5. The quantitative estimate of drug-likeness (QED) is 0.622. The molecule has 0 fully saturated rings. The van der Waals surface area contributed by atoms with Gasteiger partial charge >= 0.3 is 0 Å². The lowest BCUT2D eigenvalue weighted by molar-refractivity contribution is 0.395. The molecular formula is C18H19Cl2N5O2. The number of benzene rings is 1. The molecule has 0 aliphatic rings. The first-order valence-electron chi connectivity index (χ1n) is 8.23. The molecule has 7 nitrogen and oxygen atoms in total. The number of pyridine rings is 1. The van der Waals surface area contributed by atoms with Crippen molar-refractivity contribution in [3.05, 3.63) is 28.4 Å². The van der Waals surface area contributed by atoms with E-state index in [1.807, 2.05) is 13.0 Å². The fraction of sp³-hybridized carbons (Fsp3) is 0.278. The molecule has 0 radical (unpaired) electrons. The molecule has 0 saturated heterocycles. The average molecular weight is 408 g/mol. The zero-order valence-corrected chi connectivity index (χ0v) is 16.9. The number of hydrogen-bond donors (Lipinski definition) is 2. The third kappa shape index (κ3) is 3.52. The number of ether oxygens (including phenoxy) is 2. The second-order valence-corrected chi connectivity index (χ2v) is 6.31. The summed E-state index contributed by atoms with van der Waals surface area (Å²) in [6.45, 7) is 2.65. The maximum Gasteiger partial charge on any atom is 0.223 e. The Labute approximate surface area is 167 Å². The summed E-state index contributed by atoms with van der Waals surface area (Å²) in [5.74, 6) is 2.01. The largest absolute Gasteiger partial charge is 0.495 e. The van der Waals surface area contributed by atoms with Gasteiger partial charge in [0.1, 0.15) is 17.0 Å². The van der Waals surface area contributed by atoms with Crippen LogP contribution in [0.1, 0.15) is 6.92 Å². The number of nitrogens with zero attached hydrogens (tertiary/aromatic N) is 3. The second-order valence-electron chi connectivity index (χ2n) is 5.55. The maximum absolute atomic E-state index is 6.54. The van der Waals surface area contributed by atoms with Gasteiger partial charge in [-0.1, -0.05) is 23.2 Å². The van der Waals surface area contributed by atoms with Crippen molar-refractivity contribution in [2.24, 2.45) is 0 Å². The van der Waals surface area contributed by atoms with E-state index in [9.17, 15) is 0 Å². The van der Waals surface area contributed by atoms with Gasteiger partial charge in [0.2, 0.25) is 5.95 Å². The molecule has 2 N–H and O–H groups in total. The van der Waals surface area contributed by atoms with E-state index in [1.54, 1.807) is 19.3 Å². The number of methoxy groups -OCH3 is 2. The molecule has 142 valence electrons. The van der Waals surface area contributed by atoms with Gasteiger partial charge in [-0.2, -0.15) is 0 Å². The third-order valence-electron chi connectivity index (χ3n) is 3.96. The molecule has 0 atom stereocenters. The van der Waals surface area contributed by atoms with Crippen LogP contribution in [0.2, 0.25) is 10.0 Å². The van der Waals surface area contributed by atoms with Crippen molar-refractivity contribution >= 4 is 45.9 Å². The smallest absolute Gasteiger partial charge is 0.223 e. The van der Waals surface area contributed by atoms with Crippen LogP contribution in [-0.4, -0.2) is 42.8 Å². The minimum Gasteiger partial charge on any atom is -0.495 e. The molecule has 3 aromatic rings. The molecule has 2 aromatic heterocycles. The first-order valence-corrected chi connectivity index (χ1v) is 8.99. The molecular weight excluding hydrogens is 389 g/mol. The summed E-state index contributed by atoms with van der Waals surface area (Å²) >= 11 is 13.1. The van der Waals surface area contributed by atoms with Crippen molar-refractivity contribution in [2.75, 3.05) is 38.4 Å². The molecule has 0 unspecified atom stereocenters. The van der Waals surface area contributed by atoms with Crippen molar-refractivity contribution < 1.29 is 9.47 Å². The van der Waals surface area contributed by atoms with Crippen molar-refractivity contribution in [3.8, 4) is 22.8 Å². The van der Waals surface area contributed by atoms with Crippen molar-refractivity contribution in [2.45, 2.75) is 6.92 Å². The average Bonchev–Trinajstić information content (AvgIpc) is 2.68. The monoisotopic (exact) mass is 407 g/mol. The van der Waals surface area contributed by atoms with E-state index in [4.69, 9.17) is 37.7 Å². The number of fused-ring (bicyclic) bond motifs is 1. The van der Waals surface area contributed by atoms with Gasteiger partial charge in [-0.15, -0.1) is 0 Å². The van der Waals surface area contributed by atoms with Crippen molar-refractivity contribution in [3.63, 3.8) is 0 Å². The normalized spacial score (nSPS) is 10.7. The standard InChI is InChI=1S/C18H19Cl2N5O2/c1-5-22-17-16-9(8-23-18(21-2)25-16)6-10(24-17)13-14(19)11(26-3)7-12(27-4)15(13)20/h6-8H,5H2,1-4H3,(H,22,24)(H,21,23,25). The van der Waals surface area contributed by atoms with E-state index < -0.39 is 0 Å². The lowest BCUT2D eigenvalue weighted by Crippen LogP contribution is -2.05. The number of rotatable bonds is 6. The second kappa shape index (κ2) is 8.02. The van der Waals surface area contributed by atoms with Gasteiger partial charge in [0.25, 0.3) is 0 Å². The number of aromatic nitrogens is 3. The molecule has 0 amide bonds. The Bertz CT molecular complexity index is 969. The molecule has 1 aromatic carbocycles. The van der Waals surface area contributed by atoms with Gasteiger partial charge < -0.3 is 20.1 Å². The van der Waals surface area contributed by atoms with E-state index >= 15 is 0 Å². The first kappa shape index (κ1) is 19.3. The van der Waals surface area contributed by atoms with Crippen LogP contribution >= 0.6 is 23.2 Å². The number of halogens is 2. The summed E-state index contributed by atoms with van der Waals surface area (Å²) in [5.41, 5.74) is 1.78. The van der Waals surface area contributed by atoms with Crippen LogP contribution in [0.25, 0.3) is 22.2 Å². The highest BCUT2D eigenvalue weighted by Crippen LogP contribution is 2.46. The summed E-state index contributed by atoms with van der Waals surface area (Å²) in [6, 6.07) is 3.48. The van der Waals surface area contributed by atoms with Crippen molar-refractivity contribution in [1.29, 1.82) is 0 Å². The van der Waals surface area contributed by atoms with E-state index in [1.165, 1.54) is 14.2 Å². The Balaban J connectivity index is 2.32. The van der Waals surface area contributed by atoms with Crippen LogP contribution in [0.15, 0.2) is 18.3 Å². The summed E-state index contributed by atoms with van der Waals surface area (Å²) in [6.07, 6.45) is 1.72. The molecule has 2 heterocycles. The first-order chi connectivity index (χ1) is 13.0. The van der Waals surface area contributed by atoms with E-state index in [-0.39, 0.29) is 0 Å². The number of anilines is 2. The van der Waals surface area contributed by atoms with E-state index in [0.717, 1.165) is 5.39 Å². The molecule has 0 bridgehead atoms. The Hall–Kier alpha value is -2.51. The van der Waals surface area contributed by atoms with Crippen LogP contribution in [-0.2, 0) is 0 Å². The summed E-state index contributed by atoms with van der Waals surface area (Å²) in [4.78, 5) is 13.5. The molecule has 9 heteroatoms. The molecule has 3 rings (SSSR count). The van der Waals surface area contributed by atoms with E-state index in [2.05, 4.69) is 20.6 Å². The zero-order valence-electron chi connectivity index (χ0n) is 15.4. The lowest BCUT2D eigenvalue weighted by Gasteiger charge is -2.16. The van der Waals surface area contributed by atoms with Gasteiger partial charge in [-0.3, -0.25) is 0 Å². The highest BCUT2D eigenvalue weighted by Gasteiger charge is 2.21. The summed E-state index contributed by atoms with van der Waals surface area (Å²) in [5, 5.41) is 7.66. The van der Waals surface area contributed by atoms with Crippen LogP contribution in [0, 0.1) is 0 Å². The maximum atomic E-state index is 6.54. The van der Waals surface area contributed by atoms with Crippen molar-refractivity contribution in [1.82, 2.24) is 15.0 Å². The minimum absolute atomic E-state index is 0.352. The Kier molecular flexibility index (Phi) is 5.72. The van der Waals surface area contributed by atoms with Crippen LogP contribution in [0.5, 0.6) is 11.5 Å². The SMILES string of the molecule is CCNc1nc(-c2c(Cl)c(OC)cc(OC)c2Cl)cc2cnc(NC)nc12. The Morgan fingerprint density at radius 2 is 1.70 bits per heavy atom. The molecule has 27 heavy (non-hydrogen) atoms.